The highest BCUT2D eigenvalue weighted by Crippen LogP contribution is 2.27. The van der Waals surface area contributed by atoms with Crippen molar-refractivity contribution in [3.63, 3.8) is 0 Å². The van der Waals surface area contributed by atoms with Crippen LogP contribution in [0, 0.1) is 17.3 Å². The number of nitrogens with one attached hydrogen (secondary N) is 1. The normalized spacial score (nSPS) is 15.4. The monoisotopic (exact) mass is 305 g/mol. The molecule has 0 aliphatic carbocycles. The number of carbonyl (C=O) groups is 1. The third kappa shape index (κ3) is 8.64. The Labute approximate surface area is 115 Å². The Hall–Kier alpha value is -0.0500. The van der Waals surface area contributed by atoms with Crippen LogP contribution in [0.1, 0.15) is 53.9 Å². The second-order valence-electron chi connectivity index (χ2n) is 6.22. The van der Waals surface area contributed by atoms with E-state index in [0.29, 0.717) is 18.3 Å². The molecule has 0 saturated carbocycles. The van der Waals surface area contributed by atoms with Crippen molar-refractivity contribution in [3.8, 4) is 0 Å². The van der Waals surface area contributed by atoms with Crippen LogP contribution in [0.5, 0.6) is 0 Å². The summed E-state index contributed by atoms with van der Waals surface area (Å²) in [4.78, 5) is 11.7. The van der Waals surface area contributed by atoms with Crippen LogP contribution in [0.15, 0.2) is 0 Å². The van der Waals surface area contributed by atoms with Gasteiger partial charge in [-0.3, -0.25) is 4.79 Å². The van der Waals surface area contributed by atoms with Gasteiger partial charge in [-0.25, -0.2) is 0 Å². The summed E-state index contributed by atoms with van der Waals surface area (Å²) in [6.45, 7) is 11.7. The average Bonchev–Trinajstić information content (AvgIpc) is 2.22. The minimum atomic E-state index is 0.193. The van der Waals surface area contributed by atoms with Gasteiger partial charge in [0.25, 0.3) is 0 Å². The smallest absolute Gasteiger partial charge is 0.220 e. The van der Waals surface area contributed by atoms with Crippen molar-refractivity contribution >= 4 is 21.8 Å². The fourth-order valence-electron chi connectivity index (χ4n) is 1.41. The molecule has 1 N–H and O–H groups in total. The summed E-state index contributed by atoms with van der Waals surface area (Å²) in [5.74, 6) is 1.31. The predicted molar refractivity (Wildman–Crippen MR) is 78.4 cm³/mol. The first-order valence-corrected chi connectivity index (χ1v) is 7.72. The Balaban J connectivity index is 3.67. The minimum absolute atomic E-state index is 0.193. The highest BCUT2D eigenvalue weighted by atomic mass is 79.9. The molecule has 1 amide bonds. The minimum Gasteiger partial charge on any atom is -0.356 e. The lowest BCUT2D eigenvalue weighted by molar-refractivity contribution is -0.122. The van der Waals surface area contributed by atoms with Crippen molar-refractivity contribution < 1.29 is 4.79 Å². The molecule has 0 radical (unpaired) electrons. The lowest BCUT2D eigenvalue weighted by atomic mass is 9.80. The summed E-state index contributed by atoms with van der Waals surface area (Å²) < 4.78 is 0. The van der Waals surface area contributed by atoms with Gasteiger partial charge in [-0.1, -0.05) is 50.5 Å². The summed E-state index contributed by atoms with van der Waals surface area (Å²) in [5, 5.41) is 4.05. The standard InChI is InChI=1S/C14H28BrNO/c1-11(10-15)7-6-8-16-13(17)9-12(2)14(3,4)5/h11-12H,6-10H2,1-5H3,(H,16,17). The van der Waals surface area contributed by atoms with Crippen LogP contribution in [0.2, 0.25) is 0 Å². The van der Waals surface area contributed by atoms with Crippen LogP contribution in [-0.2, 0) is 4.79 Å². The van der Waals surface area contributed by atoms with Gasteiger partial charge in [0.2, 0.25) is 5.91 Å². The van der Waals surface area contributed by atoms with E-state index in [-0.39, 0.29) is 11.3 Å². The van der Waals surface area contributed by atoms with Crippen molar-refractivity contribution in [2.45, 2.75) is 53.9 Å². The molecule has 2 unspecified atom stereocenters. The van der Waals surface area contributed by atoms with Crippen LogP contribution in [0.3, 0.4) is 0 Å². The van der Waals surface area contributed by atoms with Gasteiger partial charge < -0.3 is 5.32 Å². The van der Waals surface area contributed by atoms with Gasteiger partial charge in [-0.05, 0) is 30.1 Å². The molecule has 0 heterocycles. The topological polar surface area (TPSA) is 29.1 Å². The molecule has 0 rings (SSSR count). The Morgan fingerprint density at radius 3 is 2.35 bits per heavy atom. The fraction of sp³-hybridized carbons (Fsp3) is 0.929. The molecule has 0 spiro atoms. The summed E-state index contributed by atoms with van der Waals surface area (Å²) in [7, 11) is 0. The number of hydrogen-bond donors (Lipinski definition) is 1. The number of amides is 1. The largest absolute Gasteiger partial charge is 0.356 e. The quantitative estimate of drug-likeness (QED) is 0.559. The van der Waals surface area contributed by atoms with E-state index < -0.39 is 0 Å². The molecule has 17 heavy (non-hydrogen) atoms. The Bertz CT molecular complexity index is 223. The summed E-state index contributed by atoms with van der Waals surface area (Å²) in [6, 6.07) is 0. The number of alkyl halides is 1. The molecule has 0 aromatic heterocycles. The lowest BCUT2D eigenvalue weighted by Gasteiger charge is -2.26. The molecule has 0 aromatic rings. The van der Waals surface area contributed by atoms with Crippen molar-refractivity contribution in [1.82, 2.24) is 5.32 Å². The van der Waals surface area contributed by atoms with Crippen LogP contribution >= 0.6 is 15.9 Å². The van der Waals surface area contributed by atoms with Crippen molar-refractivity contribution in [2.24, 2.45) is 17.3 Å². The van der Waals surface area contributed by atoms with Gasteiger partial charge in [-0.15, -0.1) is 0 Å². The van der Waals surface area contributed by atoms with Crippen LogP contribution < -0.4 is 5.32 Å². The number of hydrogen-bond acceptors (Lipinski definition) is 1. The zero-order valence-electron chi connectivity index (χ0n) is 12.0. The zero-order valence-corrected chi connectivity index (χ0v) is 13.6. The van der Waals surface area contributed by atoms with Gasteiger partial charge in [0.05, 0.1) is 0 Å². The van der Waals surface area contributed by atoms with Crippen LogP contribution in [0.4, 0.5) is 0 Å². The molecule has 0 aliphatic rings. The van der Waals surface area contributed by atoms with Crippen molar-refractivity contribution in [2.75, 3.05) is 11.9 Å². The Morgan fingerprint density at radius 1 is 1.29 bits per heavy atom. The van der Waals surface area contributed by atoms with Gasteiger partial charge in [-0.2, -0.15) is 0 Å². The van der Waals surface area contributed by atoms with E-state index >= 15 is 0 Å². The van der Waals surface area contributed by atoms with E-state index in [1.807, 2.05) is 0 Å². The number of carbonyl (C=O) groups excluding carboxylic acids is 1. The molecule has 2 nitrogen and oxygen atoms in total. The SMILES string of the molecule is CC(CBr)CCCNC(=O)CC(C)C(C)(C)C. The summed E-state index contributed by atoms with van der Waals surface area (Å²) >= 11 is 3.46. The van der Waals surface area contributed by atoms with E-state index in [2.05, 4.69) is 55.9 Å². The lowest BCUT2D eigenvalue weighted by Crippen LogP contribution is -2.29. The van der Waals surface area contributed by atoms with E-state index in [0.717, 1.165) is 18.3 Å². The summed E-state index contributed by atoms with van der Waals surface area (Å²) in [6.07, 6.45) is 2.88. The molecule has 0 aliphatic heterocycles. The first kappa shape index (κ1) is 16.9. The molecule has 0 fully saturated rings. The zero-order chi connectivity index (χ0) is 13.5. The first-order valence-electron chi connectivity index (χ1n) is 6.60. The van der Waals surface area contributed by atoms with E-state index in [1.165, 1.54) is 6.42 Å². The molecule has 0 aromatic carbocycles. The third-order valence-electron chi connectivity index (χ3n) is 3.43. The Morgan fingerprint density at radius 2 is 1.88 bits per heavy atom. The van der Waals surface area contributed by atoms with E-state index in [4.69, 9.17) is 0 Å². The molecule has 2 atom stereocenters. The number of rotatable bonds is 7. The van der Waals surface area contributed by atoms with Crippen molar-refractivity contribution in [3.05, 3.63) is 0 Å². The van der Waals surface area contributed by atoms with Gasteiger partial charge in [0.1, 0.15) is 0 Å². The molecular formula is C14H28BrNO. The van der Waals surface area contributed by atoms with Gasteiger partial charge >= 0.3 is 0 Å². The first-order chi connectivity index (χ1) is 7.77. The highest BCUT2D eigenvalue weighted by molar-refractivity contribution is 9.09. The molecule has 0 saturated heterocycles. The maximum absolute atomic E-state index is 11.7. The number of halogens is 1. The van der Waals surface area contributed by atoms with E-state index in [1.54, 1.807) is 0 Å². The van der Waals surface area contributed by atoms with Crippen LogP contribution in [-0.4, -0.2) is 17.8 Å². The fourth-order valence-corrected chi connectivity index (χ4v) is 1.74. The van der Waals surface area contributed by atoms with E-state index in [9.17, 15) is 4.79 Å². The predicted octanol–water partition coefficient (Wildman–Crippen LogP) is 3.99. The van der Waals surface area contributed by atoms with Gasteiger partial charge in [0, 0.05) is 18.3 Å². The molecule has 0 bridgehead atoms. The van der Waals surface area contributed by atoms with Crippen molar-refractivity contribution in [1.29, 1.82) is 0 Å². The van der Waals surface area contributed by atoms with Crippen LogP contribution in [0.25, 0.3) is 0 Å². The maximum atomic E-state index is 11.7. The average molecular weight is 306 g/mol. The second kappa shape index (κ2) is 8.12. The third-order valence-corrected chi connectivity index (χ3v) is 4.53. The summed E-state index contributed by atoms with van der Waals surface area (Å²) in [5.41, 5.74) is 0.210. The second-order valence-corrected chi connectivity index (χ2v) is 6.87. The molecule has 3 heteroatoms. The van der Waals surface area contributed by atoms with Gasteiger partial charge in [0.15, 0.2) is 0 Å². The maximum Gasteiger partial charge on any atom is 0.220 e. The molecule has 102 valence electrons. The highest BCUT2D eigenvalue weighted by Gasteiger charge is 2.22. The Kier molecular flexibility index (Phi) is 8.10. The molecular weight excluding hydrogens is 278 g/mol.